The highest BCUT2D eigenvalue weighted by atomic mass is 32.2. The number of nitro groups is 1. The SMILES string of the molecule is COc1nc(N)nc(Sc2ccc([N+](=O)[O-])cc2)n1. The highest BCUT2D eigenvalue weighted by Crippen LogP contribution is 2.27. The van der Waals surface area contributed by atoms with Gasteiger partial charge in [0.1, 0.15) is 0 Å². The summed E-state index contributed by atoms with van der Waals surface area (Å²) < 4.78 is 4.88. The Morgan fingerprint density at radius 3 is 2.53 bits per heavy atom. The number of aromatic nitrogens is 3. The molecule has 0 radical (unpaired) electrons. The first-order chi connectivity index (χ1) is 9.08. The summed E-state index contributed by atoms with van der Waals surface area (Å²) in [5.41, 5.74) is 5.53. The molecular formula is C10H9N5O3S. The van der Waals surface area contributed by atoms with Gasteiger partial charge in [0.25, 0.3) is 5.69 Å². The molecule has 2 rings (SSSR count). The Morgan fingerprint density at radius 1 is 1.26 bits per heavy atom. The van der Waals surface area contributed by atoms with Crippen LogP contribution in [0.4, 0.5) is 11.6 Å². The number of ether oxygens (including phenoxy) is 1. The van der Waals surface area contributed by atoms with E-state index in [-0.39, 0.29) is 17.6 Å². The van der Waals surface area contributed by atoms with Crippen LogP contribution in [0, 0.1) is 10.1 Å². The van der Waals surface area contributed by atoms with E-state index in [9.17, 15) is 10.1 Å². The number of nitrogen functional groups attached to an aromatic ring is 1. The van der Waals surface area contributed by atoms with Crippen LogP contribution in [0.3, 0.4) is 0 Å². The fourth-order valence-corrected chi connectivity index (χ4v) is 1.98. The first-order valence-electron chi connectivity index (χ1n) is 5.06. The van der Waals surface area contributed by atoms with E-state index in [1.165, 1.54) is 31.0 Å². The third-order valence-electron chi connectivity index (χ3n) is 2.05. The van der Waals surface area contributed by atoms with Gasteiger partial charge in [-0.2, -0.15) is 15.0 Å². The first kappa shape index (κ1) is 13.0. The summed E-state index contributed by atoms with van der Waals surface area (Å²) in [6.45, 7) is 0. The second kappa shape index (κ2) is 5.48. The Kier molecular flexibility index (Phi) is 3.76. The molecule has 0 unspecified atom stereocenters. The maximum absolute atomic E-state index is 10.5. The molecule has 1 heterocycles. The van der Waals surface area contributed by atoms with Crippen LogP contribution >= 0.6 is 11.8 Å². The third kappa shape index (κ3) is 3.28. The van der Waals surface area contributed by atoms with E-state index in [2.05, 4.69) is 15.0 Å². The minimum atomic E-state index is -0.460. The molecule has 0 bridgehead atoms. The van der Waals surface area contributed by atoms with Crippen molar-refractivity contribution in [2.75, 3.05) is 12.8 Å². The number of methoxy groups -OCH3 is 1. The van der Waals surface area contributed by atoms with Gasteiger partial charge >= 0.3 is 6.01 Å². The van der Waals surface area contributed by atoms with Gasteiger partial charge in [-0.25, -0.2) is 0 Å². The lowest BCUT2D eigenvalue weighted by atomic mass is 10.3. The van der Waals surface area contributed by atoms with Crippen LogP contribution in [0.25, 0.3) is 0 Å². The number of anilines is 1. The van der Waals surface area contributed by atoms with Crippen molar-refractivity contribution in [2.45, 2.75) is 10.1 Å². The van der Waals surface area contributed by atoms with Crippen molar-refractivity contribution in [3.05, 3.63) is 34.4 Å². The second-order valence-electron chi connectivity index (χ2n) is 3.32. The molecule has 0 saturated heterocycles. The largest absolute Gasteiger partial charge is 0.467 e. The molecule has 0 atom stereocenters. The van der Waals surface area contributed by atoms with Crippen molar-refractivity contribution in [3.8, 4) is 6.01 Å². The van der Waals surface area contributed by atoms with Gasteiger partial charge < -0.3 is 10.5 Å². The van der Waals surface area contributed by atoms with E-state index in [1.807, 2.05) is 0 Å². The number of nitro benzene ring substituents is 1. The second-order valence-corrected chi connectivity index (χ2v) is 4.36. The first-order valence-corrected chi connectivity index (χ1v) is 5.88. The Bertz CT molecular complexity index is 605. The molecule has 1 aromatic carbocycles. The van der Waals surface area contributed by atoms with E-state index >= 15 is 0 Å². The van der Waals surface area contributed by atoms with Crippen molar-refractivity contribution in [1.82, 2.24) is 15.0 Å². The Morgan fingerprint density at radius 2 is 1.95 bits per heavy atom. The maximum Gasteiger partial charge on any atom is 0.321 e. The van der Waals surface area contributed by atoms with Crippen molar-refractivity contribution in [2.24, 2.45) is 0 Å². The van der Waals surface area contributed by atoms with E-state index in [0.717, 1.165) is 4.90 Å². The van der Waals surface area contributed by atoms with Gasteiger partial charge in [-0.05, 0) is 23.9 Å². The molecule has 19 heavy (non-hydrogen) atoms. The Labute approximate surface area is 112 Å². The molecular weight excluding hydrogens is 270 g/mol. The lowest BCUT2D eigenvalue weighted by molar-refractivity contribution is -0.384. The zero-order chi connectivity index (χ0) is 13.8. The minimum absolute atomic E-state index is 0.0251. The highest BCUT2D eigenvalue weighted by Gasteiger charge is 2.08. The van der Waals surface area contributed by atoms with Gasteiger partial charge in [0.2, 0.25) is 11.1 Å². The van der Waals surface area contributed by atoms with Crippen LogP contribution in [-0.2, 0) is 0 Å². The van der Waals surface area contributed by atoms with Crippen LogP contribution in [-0.4, -0.2) is 27.0 Å². The molecule has 1 aromatic heterocycles. The molecule has 0 aliphatic rings. The molecule has 8 nitrogen and oxygen atoms in total. The zero-order valence-corrected chi connectivity index (χ0v) is 10.6. The summed E-state index contributed by atoms with van der Waals surface area (Å²) in [4.78, 5) is 22.5. The molecule has 0 aliphatic heterocycles. The molecule has 0 amide bonds. The predicted molar refractivity (Wildman–Crippen MR) is 68.0 cm³/mol. The molecule has 0 saturated carbocycles. The molecule has 2 aromatic rings. The van der Waals surface area contributed by atoms with Gasteiger partial charge in [-0.1, -0.05) is 0 Å². The third-order valence-corrected chi connectivity index (χ3v) is 2.92. The summed E-state index contributed by atoms with van der Waals surface area (Å²) in [5.74, 6) is 0.0521. The fraction of sp³-hybridized carbons (Fsp3) is 0.100. The standard InChI is InChI=1S/C10H9N5O3S/c1-18-9-12-8(11)13-10(14-9)19-7-4-2-6(3-5-7)15(16)17/h2-5H,1H3,(H2,11,12,13,14). The molecule has 0 spiro atoms. The van der Waals surface area contributed by atoms with Gasteiger partial charge in [-0.3, -0.25) is 10.1 Å². The van der Waals surface area contributed by atoms with Gasteiger partial charge in [0, 0.05) is 17.0 Å². The van der Waals surface area contributed by atoms with Crippen molar-refractivity contribution < 1.29 is 9.66 Å². The monoisotopic (exact) mass is 279 g/mol. The Hall–Kier alpha value is -2.42. The van der Waals surface area contributed by atoms with Gasteiger partial charge in [-0.15, -0.1) is 0 Å². The lowest BCUT2D eigenvalue weighted by Gasteiger charge is -2.03. The average Bonchev–Trinajstić information content (AvgIpc) is 2.38. The topological polar surface area (TPSA) is 117 Å². The lowest BCUT2D eigenvalue weighted by Crippen LogP contribution is -2.01. The summed E-state index contributed by atoms with van der Waals surface area (Å²) in [6.07, 6.45) is 0. The van der Waals surface area contributed by atoms with Gasteiger partial charge in [0.15, 0.2) is 0 Å². The Balaban J connectivity index is 2.21. The quantitative estimate of drug-likeness (QED) is 0.661. The average molecular weight is 279 g/mol. The summed E-state index contributed by atoms with van der Waals surface area (Å²) in [6, 6.07) is 6.15. The van der Waals surface area contributed by atoms with Crippen LogP contribution < -0.4 is 10.5 Å². The van der Waals surface area contributed by atoms with Crippen molar-refractivity contribution in [1.29, 1.82) is 0 Å². The van der Waals surface area contributed by atoms with E-state index in [1.54, 1.807) is 12.1 Å². The number of nitrogens with two attached hydrogens (primary N) is 1. The normalized spacial score (nSPS) is 10.2. The summed E-state index contributed by atoms with van der Waals surface area (Å²) >= 11 is 1.21. The number of non-ortho nitro benzene ring substituents is 1. The minimum Gasteiger partial charge on any atom is -0.467 e. The van der Waals surface area contributed by atoms with Gasteiger partial charge in [0.05, 0.1) is 12.0 Å². The predicted octanol–water partition coefficient (Wildman–Crippen LogP) is 1.52. The maximum atomic E-state index is 10.5. The number of hydrogen-bond donors (Lipinski definition) is 1. The zero-order valence-electron chi connectivity index (χ0n) is 9.81. The molecule has 0 aliphatic carbocycles. The highest BCUT2D eigenvalue weighted by molar-refractivity contribution is 7.99. The van der Waals surface area contributed by atoms with E-state index in [0.29, 0.717) is 5.16 Å². The smallest absolute Gasteiger partial charge is 0.321 e. The van der Waals surface area contributed by atoms with Crippen molar-refractivity contribution >= 4 is 23.4 Å². The molecule has 9 heteroatoms. The molecule has 98 valence electrons. The number of nitrogens with zero attached hydrogens (tertiary/aromatic N) is 4. The number of benzene rings is 1. The van der Waals surface area contributed by atoms with E-state index in [4.69, 9.17) is 10.5 Å². The number of rotatable bonds is 4. The van der Waals surface area contributed by atoms with Crippen LogP contribution in [0.1, 0.15) is 0 Å². The molecule has 2 N–H and O–H groups in total. The summed E-state index contributed by atoms with van der Waals surface area (Å²) in [7, 11) is 1.43. The molecule has 0 fully saturated rings. The number of hydrogen-bond acceptors (Lipinski definition) is 8. The van der Waals surface area contributed by atoms with Crippen LogP contribution in [0.2, 0.25) is 0 Å². The van der Waals surface area contributed by atoms with Crippen LogP contribution in [0.5, 0.6) is 6.01 Å². The van der Waals surface area contributed by atoms with Crippen LogP contribution in [0.15, 0.2) is 34.3 Å². The van der Waals surface area contributed by atoms with Crippen molar-refractivity contribution in [3.63, 3.8) is 0 Å². The summed E-state index contributed by atoms with van der Waals surface area (Å²) in [5, 5.41) is 10.9. The fourth-order valence-electron chi connectivity index (χ4n) is 1.23. The van der Waals surface area contributed by atoms with E-state index < -0.39 is 4.92 Å².